The van der Waals surface area contributed by atoms with Gasteiger partial charge in [-0.2, -0.15) is 0 Å². The zero-order chi connectivity index (χ0) is 14.7. The van der Waals surface area contributed by atoms with Crippen LogP contribution in [0.25, 0.3) is 5.57 Å². The van der Waals surface area contributed by atoms with Crippen LogP contribution in [0.4, 0.5) is 5.69 Å². The first-order valence-electron chi connectivity index (χ1n) is 6.63. The average molecular weight is 278 g/mol. The Morgan fingerprint density at radius 2 is 2.00 bits per heavy atom. The van der Waals surface area contributed by atoms with E-state index in [4.69, 9.17) is 5.11 Å². The Balaban J connectivity index is 1.80. The van der Waals surface area contributed by atoms with Crippen LogP contribution >= 0.6 is 0 Å². The molecule has 0 aliphatic carbocycles. The molecular formula is C17H14N2O2. The van der Waals surface area contributed by atoms with Gasteiger partial charge in [-0.1, -0.05) is 12.1 Å². The number of nitrogens with zero attached hydrogens (tertiary/aromatic N) is 2. The summed E-state index contributed by atoms with van der Waals surface area (Å²) in [6.45, 7) is 0.706. The van der Waals surface area contributed by atoms with Gasteiger partial charge in [0.1, 0.15) is 0 Å². The summed E-state index contributed by atoms with van der Waals surface area (Å²) in [5, 5.41) is 9.04. The van der Waals surface area contributed by atoms with E-state index in [0.29, 0.717) is 12.1 Å². The largest absolute Gasteiger partial charge is 0.478 e. The summed E-state index contributed by atoms with van der Waals surface area (Å²) >= 11 is 0. The molecule has 3 rings (SSSR count). The molecule has 1 N–H and O–H groups in total. The number of carbonyl (C=O) groups is 1. The molecular weight excluding hydrogens is 264 g/mol. The lowest BCUT2D eigenvalue weighted by Gasteiger charge is -2.23. The second-order valence-electron chi connectivity index (χ2n) is 4.72. The summed E-state index contributed by atoms with van der Waals surface area (Å²) in [5.74, 6) is -0.911. The van der Waals surface area contributed by atoms with Crippen molar-refractivity contribution in [2.24, 2.45) is 0 Å². The maximum Gasteiger partial charge on any atom is 0.335 e. The van der Waals surface area contributed by atoms with E-state index in [1.807, 2.05) is 35.4 Å². The fourth-order valence-electron chi connectivity index (χ4n) is 2.26. The number of hydrogen-bond donors (Lipinski definition) is 1. The van der Waals surface area contributed by atoms with Gasteiger partial charge in [-0.3, -0.25) is 4.98 Å². The normalized spacial score (nSPS) is 13.9. The number of rotatable bonds is 3. The van der Waals surface area contributed by atoms with Gasteiger partial charge in [-0.25, -0.2) is 4.79 Å². The van der Waals surface area contributed by atoms with E-state index in [0.717, 1.165) is 16.8 Å². The lowest BCUT2D eigenvalue weighted by atomic mass is 10.0. The van der Waals surface area contributed by atoms with Gasteiger partial charge in [0, 0.05) is 30.8 Å². The molecule has 0 atom stereocenters. The van der Waals surface area contributed by atoms with E-state index in [-0.39, 0.29) is 0 Å². The van der Waals surface area contributed by atoms with Crippen molar-refractivity contribution in [1.29, 1.82) is 0 Å². The summed E-state index contributed by atoms with van der Waals surface area (Å²) in [6.07, 6.45) is 9.64. The second-order valence-corrected chi connectivity index (χ2v) is 4.72. The Kier molecular flexibility index (Phi) is 3.51. The van der Waals surface area contributed by atoms with E-state index >= 15 is 0 Å². The molecule has 1 aromatic carbocycles. The van der Waals surface area contributed by atoms with Crippen LogP contribution in [0.2, 0.25) is 0 Å². The van der Waals surface area contributed by atoms with E-state index in [9.17, 15) is 4.79 Å². The van der Waals surface area contributed by atoms with Crippen LogP contribution in [0.5, 0.6) is 0 Å². The molecule has 1 aliphatic heterocycles. The quantitative estimate of drug-likeness (QED) is 0.936. The van der Waals surface area contributed by atoms with Gasteiger partial charge in [-0.05, 0) is 47.5 Å². The maximum atomic E-state index is 11.0. The molecule has 0 saturated carbocycles. The maximum absolute atomic E-state index is 11.0. The summed E-state index contributed by atoms with van der Waals surface area (Å²) in [7, 11) is 0. The van der Waals surface area contributed by atoms with Gasteiger partial charge < -0.3 is 10.0 Å². The Morgan fingerprint density at radius 3 is 2.67 bits per heavy atom. The van der Waals surface area contributed by atoms with Crippen molar-refractivity contribution >= 4 is 17.2 Å². The van der Waals surface area contributed by atoms with Gasteiger partial charge in [0.25, 0.3) is 0 Å². The van der Waals surface area contributed by atoms with Crippen LogP contribution < -0.4 is 4.90 Å². The number of allylic oxidation sites excluding steroid dienone is 2. The molecule has 1 aromatic heterocycles. The first kappa shape index (κ1) is 13.1. The highest BCUT2D eigenvalue weighted by molar-refractivity contribution is 5.89. The number of aromatic nitrogens is 1. The Labute approximate surface area is 122 Å². The zero-order valence-corrected chi connectivity index (χ0v) is 11.3. The van der Waals surface area contributed by atoms with Gasteiger partial charge >= 0.3 is 5.97 Å². The topological polar surface area (TPSA) is 53.4 Å². The second kappa shape index (κ2) is 5.63. The van der Waals surface area contributed by atoms with Gasteiger partial charge in [0.05, 0.1) is 5.56 Å². The molecule has 0 saturated heterocycles. The average Bonchev–Trinajstić information content (AvgIpc) is 2.56. The minimum Gasteiger partial charge on any atom is -0.478 e. The van der Waals surface area contributed by atoms with Crippen molar-refractivity contribution in [2.75, 3.05) is 11.4 Å². The molecule has 4 nitrogen and oxygen atoms in total. The van der Waals surface area contributed by atoms with Gasteiger partial charge in [0.15, 0.2) is 0 Å². The molecule has 1 aliphatic rings. The third-order valence-corrected chi connectivity index (χ3v) is 3.38. The number of carboxylic acids is 1. The molecule has 0 fully saturated rings. The summed E-state index contributed by atoms with van der Waals surface area (Å²) in [5.41, 5.74) is 3.43. The number of aromatic carboxylic acids is 1. The fraction of sp³-hybridized carbons (Fsp3) is 0.0588. The van der Waals surface area contributed by atoms with Gasteiger partial charge in [-0.15, -0.1) is 0 Å². The minimum atomic E-state index is -0.911. The van der Waals surface area contributed by atoms with Gasteiger partial charge in [0.2, 0.25) is 0 Å². The SMILES string of the molecule is O=C(O)c1cccc(N2C=CC(c3ccncc3)=CC2)c1. The third-order valence-electron chi connectivity index (χ3n) is 3.38. The van der Waals surface area contributed by atoms with E-state index in [1.54, 1.807) is 30.6 Å². The Morgan fingerprint density at radius 1 is 1.19 bits per heavy atom. The molecule has 21 heavy (non-hydrogen) atoms. The van der Waals surface area contributed by atoms with Crippen molar-refractivity contribution < 1.29 is 9.90 Å². The first-order chi connectivity index (χ1) is 10.2. The van der Waals surface area contributed by atoms with Crippen molar-refractivity contribution in [3.8, 4) is 0 Å². The van der Waals surface area contributed by atoms with Crippen molar-refractivity contribution in [3.63, 3.8) is 0 Å². The van der Waals surface area contributed by atoms with Crippen molar-refractivity contribution in [1.82, 2.24) is 4.98 Å². The monoisotopic (exact) mass is 278 g/mol. The van der Waals surface area contributed by atoms with Crippen molar-refractivity contribution in [2.45, 2.75) is 0 Å². The number of hydrogen-bond acceptors (Lipinski definition) is 3. The number of anilines is 1. The van der Waals surface area contributed by atoms with Crippen LogP contribution in [0.15, 0.2) is 67.1 Å². The smallest absolute Gasteiger partial charge is 0.335 e. The molecule has 0 spiro atoms. The molecule has 2 aromatic rings. The molecule has 0 bridgehead atoms. The van der Waals surface area contributed by atoms with Crippen LogP contribution in [0.1, 0.15) is 15.9 Å². The van der Waals surface area contributed by atoms with E-state index in [2.05, 4.69) is 11.1 Å². The van der Waals surface area contributed by atoms with Crippen LogP contribution in [0, 0.1) is 0 Å². The fourth-order valence-corrected chi connectivity index (χ4v) is 2.26. The molecule has 104 valence electrons. The Hall–Kier alpha value is -2.88. The highest BCUT2D eigenvalue weighted by atomic mass is 16.4. The first-order valence-corrected chi connectivity index (χ1v) is 6.63. The zero-order valence-electron chi connectivity index (χ0n) is 11.3. The van der Waals surface area contributed by atoms with Crippen LogP contribution in [0.3, 0.4) is 0 Å². The highest BCUT2D eigenvalue weighted by Gasteiger charge is 2.10. The number of benzene rings is 1. The predicted octanol–water partition coefficient (Wildman–Crippen LogP) is 3.20. The van der Waals surface area contributed by atoms with E-state index in [1.165, 1.54) is 0 Å². The molecule has 0 radical (unpaired) electrons. The van der Waals surface area contributed by atoms with Crippen LogP contribution in [-0.4, -0.2) is 22.6 Å². The molecule has 0 amide bonds. The molecule has 0 unspecified atom stereocenters. The number of pyridine rings is 1. The standard InChI is InChI=1S/C17H14N2O2/c20-17(21)15-2-1-3-16(12-15)19-10-6-14(7-11-19)13-4-8-18-9-5-13/h1-10,12H,11H2,(H,20,21). The molecule has 4 heteroatoms. The van der Waals surface area contributed by atoms with Crippen molar-refractivity contribution in [3.05, 3.63) is 78.3 Å². The lowest BCUT2D eigenvalue weighted by Crippen LogP contribution is -2.19. The van der Waals surface area contributed by atoms with Crippen LogP contribution in [-0.2, 0) is 0 Å². The van der Waals surface area contributed by atoms with E-state index < -0.39 is 5.97 Å². The lowest BCUT2D eigenvalue weighted by molar-refractivity contribution is 0.0697. The summed E-state index contributed by atoms with van der Waals surface area (Å²) in [6, 6.07) is 10.9. The Bertz CT molecular complexity index is 721. The summed E-state index contributed by atoms with van der Waals surface area (Å²) < 4.78 is 0. The summed E-state index contributed by atoms with van der Waals surface area (Å²) in [4.78, 5) is 17.0. The highest BCUT2D eigenvalue weighted by Crippen LogP contribution is 2.23. The number of carboxylic acid groups (broad SMARTS) is 1. The minimum absolute atomic E-state index is 0.296. The predicted molar refractivity (Wildman–Crippen MR) is 82.1 cm³/mol. The third kappa shape index (κ3) is 2.84. The molecule has 2 heterocycles.